The van der Waals surface area contributed by atoms with Crippen LogP contribution >= 0.6 is 0 Å². The molecule has 1 unspecified atom stereocenters. The van der Waals surface area contributed by atoms with E-state index in [1.807, 2.05) is 0 Å². The molecular formula is C17H16N2O5. The maximum absolute atomic E-state index is 12.1. The lowest BCUT2D eigenvalue weighted by molar-refractivity contribution is 0.199. The van der Waals surface area contributed by atoms with Crippen molar-refractivity contribution < 1.29 is 19.4 Å². The van der Waals surface area contributed by atoms with E-state index >= 15 is 0 Å². The first kappa shape index (κ1) is 15.8. The van der Waals surface area contributed by atoms with Crippen LogP contribution in [0.4, 0.5) is 10.5 Å². The number of nitrogens with zero attached hydrogens (tertiary/aromatic N) is 1. The number of aromatic nitrogens is 1. The maximum atomic E-state index is 12.1. The van der Waals surface area contributed by atoms with E-state index in [1.165, 1.54) is 4.57 Å². The second kappa shape index (κ2) is 6.21. The smallest absolute Gasteiger partial charge is 0.420 e. The third-order valence-electron chi connectivity index (χ3n) is 3.69. The van der Waals surface area contributed by atoms with Gasteiger partial charge >= 0.3 is 11.8 Å². The number of aliphatic hydroxyl groups excluding tert-OH is 1. The summed E-state index contributed by atoms with van der Waals surface area (Å²) in [6, 6.07) is 11.9. The molecule has 1 atom stereocenters. The SMILES string of the molecule is CC(O)c1ccc2c(c1)oc(=O)n2Cc1cccc(NC(=O)O)c1. The molecule has 0 radical (unpaired) electrons. The van der Waals surface area contributed by atoms with E-state index in [2.05, 4.69) is 5.32 Å². The van der Waals surface area contributed by atoms with E-state index in [0.717, 1.165) is 5.56 Å². The number of anilines is 1. The van der Waals surface area contributed by atoms with Gasteiger partial charge in [0.15, 0.2) is 5.58 Å². The molecule has 2 aromatic carbocycles. The fourth-order valence-electron chi connectivity index (χ4n) is 2.55. The Bertz CT molecular complexity index is 955. The van der Waals surface area contributed by atoms with Gasteiger partial charge in [-0.2, -0.15) is 0 Å². The Hall–Kier alpha value is -3.06. The van der Waals surface area contributed by atoms with E-state index in [-0.39, 0.29) is 6.54 Å². The molecule has 3 N–H and O–H groups in total. The molecule has 1 aromatic heterocycles. The highest BCUT2D eigenvalue weighted by atomic mass is 16.4. The summed E-state index contributed by atoms with van der Waals surface area (Å²) in [4.78, 5) is 22.8. The number of carbonyl (C=O) groups is 1. The summed E-state index contributed by atoms with van der Waals surface area (Å²) < 4.78 is 6.70. The zero-order chi connectivity index (χ0) is 17.3. The van der Waals surface area contributed by atoms with Gasteiger partial charge in [0, 0.05) is 5.69 Å². The first-order valence-corrected chi connectivity index (χ1v) is 7.34. The Balaban J connectivity index is 1.97. The number of hydrogen-bond donors (Lipinski definition) is 3. The van der Waals surface area contributed by atoms with Crippen molar-refractivity contribution >= 4 is 22.9 Å². The predicted molar refractivity (Wildman–Crippen MR) is 88.3 cm³/mol. The van der Waals surface area contributed by atoms with E-state index in [0.29, 0.717) is 22.4 Å². The van der Waals surface area contributed by atoms with Crippen LogP contribution in [0, 0.1) is 0 Å². The van der Waals surface area contributed by atoms with Crippen LogP contribution in [0.1, 0.15) is 24.2 Å². The number of hydrogen-bond acceptors (Lipinski definition) is 4. The summed E-state index contributed by atoms with van der Waals surface area (Å²) in [6.07, 6.45) is -1.80. The number of oxazole rings is 1. The Morgan fingerprint density at radius 3 is 2.79 bits per heavy atom. The summed E-state index contributed by atoms with van der Waals surface area (Å²) in [5.74, 6) is -0.510. The molecule has 0 aliphatic heterocycles. The van der Waals surface area contributed by atoms with E-state index in [1.54, 1.807) is 49.4 Å². The molecular weight excluding hydrogens is 312 g/mol. The molecule has 0 saturated carbocycles. The van der Waals surface area contributed by atoms with Gasteiger partial charge in [-0.15, -0.1) is 0 Å². The minimum atomic E-state index is -1.15. The first-order chi connectivity index (χ1) is 11.4. The number of amides is 1. The summed E-state index contributed by atoms with van der Waals surface area (Å²) in [6.45, 7) is 1.88. The molecule has 1 amide bonds. The molecule has 3 rings (SSSR count). The molecule has 7 nitrogen and oxygen atoms in total. The van der Waals surface area contributed by atoms with E-state index < -0.39 is 18.0 Å². The third kappa shape index (κ3) is 3.16. The van der Waals surface area contributed by atoms with Gasteiger partial charge in [0.25, 0.3) is 0 Å². The molecule has 124 valence electrons. The minimum Gasteiger partial charge on any atom is -0.465 e. The number of rotatable bonds is 4. The third-order valence-corrected chi connectivity index (χ3v) is 3.69. The van der Waals surface area contributed by atoms with Crippen LogP contribution in [0.15, 0.2) is 51.7 Å². The topological polar surface area (TPSA) is 105 Å². The molecule has 0 aliphatic rings. The Labute approximate surface area is 136 Å². The van der Waals surface area contributed by atoms with Crippen molar-refractivity contribution in [2.24, 2.45) is 0 Å². The molecule has 0 spiro atoms. The number of fused-ring (bicyclic) bond motifs is 1. The van der Waals surface area contributed by atoms with Crippen LogP contribution < -0.4 is 11.1 Å². The molecule has 0 bridgehead atoms. The predicted octanol–water partition coefficient (Wildman–Crippen LogP) is 2.79. The van der Waals surface area contributed by atoms with Gasteiger partial charge < -0.3 is 14.6 Å². The number of nitrogens with one attached hydrogen (secondary N) is 1. The highest BCUT2D eigenvalue weighted by molar-refractivity contribution is 5.82. The zero-order valence-corrected chi connectivity index (χ0v) is 12.9. The van der Waals surface area contributed by atoms with Gasteiger partial charge in [-0.3, -0.25) is 9.88 Å². The lowest BCUT2D eigenvalue weighted by atomic mass is 10.1. The average Bonchev–Trinajstić information content (AvgIpc) is 2.82. The second-order valence-electron chi connectivity index (χ2n) is 5.49. The van der Waals surface area contributed by atoms with Crippen LogP contribution in [-0.4, -0.2) is 20.9 Å². The van der Waals surface area contributed by atoms with Crippen LogP contribution in [0.3, 0.4) is 0 Å². The summed E-state index contributed by atoms with van der Waals surface area (Å²) >= 11 is 0. The zero-order valence-electron chi connectivity index (χ0n) is 12.9. The van der Waals surface area contributed by atoms with Crippen molar-refractivity contribution in [1.82, 2.24) is 4.57 Å². The van der Waals surface area contributed by atoms with Gasteiger partial charge in [0.05, 0.1) is 18.2 Å². The lowest BCUT2D eigenvalue weighted by Crippen LogP contribution is -2.15. The van der Waals surface area contributed by atoms with E-state index in [4.69, 9.17) is 9.52 Å². The van der Waals surface area contributed by atoms with Gasteiger partial charge in [-0.05, 0) is 42.3 Å². The van der Waals surface area contributed by atoms with Gasteiger partial charge in [0.1, 0.15) is 0 Å². The average molecular weight is 328 g/mol. The largest absolute Gasteiger partial charge is 0.465 e. The molecule has 1 heterocycles. The molecule has 24 heavy (non-hydrogen) atoms. The van der Waals surface area contributed by atoms with Gasteiger partial charge in [-0.25, -0.2) is 9.59 Å². The Kier molecular flexibility index (Phi) is 4.09. The summed E-state index contributed by atoms with van der Waals surface area (Å²) in [7, 11) is 0. The molecule has 3 aromatic rings. The maximum Gasteiger partial charge on any atom is 0.420 e. The Morgan fingerprint density at radius 2 is 2.08 bits per heavy atom. The fourth-order valence-corrected chi connectivity index (χ4v) is 2.55. The quantitative estimate of drug-likeness (QED) is 0.683. The summed E-state index contributed by atoms with van der Waals surface area (Å²) in [5, 5.41) is 20.7. The van der Waals surface area contributed by atoms with Crippen molar-refractivity contribution in [3.8, 4) is 0 Å². The monoisotopic (exact) mass is 328 g/mol. The van der Waals surface area contributed by atoms with Crippen molar-refractivity contribution in [3.63, 3.8) is 0 Å². The number of benzene rings is 2. The van der Waals surface area contributed by atoms with Gasteiger partial charge in [0.2, 0.25) is 0 Å². The van der Waals surface area contributed by atoms with Crippen LogP contribution in [0.5, 0.6) is 0 Å². The van der Waals surface area contributed by atoms with Crippen molar-refractivity contribution in [2.75, 3.05) is 5.32 Å². The minimum absolute atomic E-state index is 0.245. The number of carboxylic acid groups (broad SMARTS) is 1. The normalized spacial score (nSPS) is 12.2. The van der Waals surface area contributed by atoms with E-state index in [9.17, 15) is 14.7 Å². The molecule has 0 saturated heterocycles. The molecule has 0 aliphatic carbocycles. The first-order valence-electron chi connectivity index (χ1n) is 7.34. The van der Waals surface area contributed by atoms with Crippen LogP contribution in [0.25, 0.3) is 11.1 Å². The number of aliphatic hydroxyl groups is 1. The lowest BCUT2D eigenvalue weighted by Gasteiger charge is -2.07. The summed E-state index contributed by atoms with van der Waals surface area (Å²) in [5.41, 5.74) is 2.86. The highest BCUT2D eigenvalue weighted by Crippen LogP contribution is 2.21. The van der Waals surface area contributed by atoms with Gasteiger partial charge in [-0.1, -0.05) is 18.2 Å². The standard InChI is InChI=1S/C17H16N2O5/c1-10(20)12-5-6-14-15(8-12)24-17(23)19(14)9-11-3-2-4-13(7-11)18-16(21)22/h2-8,10,18,20H,9H2,1H3,(H,21,22). The highest BCUT2D eigenvalue weighted by Gasteiger charge is 2.12. The van der Waals surface area contributed by atoms with Crippen LogP contribution in [-0.2, 0) is 6.54 Å². The molecule has 7 heteroatoms. The van der Waals surface area contributed by atoms with Crippen LogP contribution in [0.2, 0.25) is 0 Å². The fraction of sp³-hybridized carbons (Fsp3) is 0.176. The van der Waals surface area contributed by atoms with Crippen molar-refractivity contribution in [3.05, 3.63) is 64.1 Å². The van der Waals surface area contributed by atoms with Crippen molar-refractivity contribution in [1.29, 1.82) is 0 Å². The Morgan fingerprint density at radius 1 is 1.29 bits per heavy atom. The molecule has 0 fully saturated rings. The van der Waals surface area contributed by atoms with Crippen molar-refractivity contribution in [2.45, 2.75) is 19.6 Å². The second-order valence-corrected chi connectivity index (χ2v) is 5.49.